The zero-order valence-electron chi connectivity index (χ0n) is 4.16. The molecule has 0 atom stereocenters. The molecule has 0 aliphatic heterocycles. The third-order valence-electron chi connectivity index (χ3n) is 0.666. The first-order chi connectivity index (χ1) is 4.20. The van der Waals surface area contributed by atoms with Crippen LogP contribution in [-0.2, 0) is 0 Å². The first-order valence-corrected chi connectivity index (χ1v) is 4.12. The molecule has 0 bridgehead atoms. The Bertz CT molecular complexity index is 271. The van der Waals surface area contributed by atoms with E-state index in [9.17, 15) is 4.79 Å². The van der Waals surface area contributed by atoms with E-state index in [0.29, 0.717) is 8.01 Å². The van der Waals surface area contributed by atoms with Crippen molar-refractivity contribution < 1.29 is 9.90 Å². The lowest BCUT2D eigenvalue weighted by atomic mass is 10.6. The van der Waals surface area contributed by atoms with Gasteiger partial charge in [0.1, 0.15) is 8.01 Å². The van der Waals surface area contributed by atoms with E-state index < -0.39 is 5.97 Å². The monoisotopic (exact) mass is 178 g/mol. The van der Waals surface area contributed by atoms with Gasteiger partial charge in [-0.2, -0.15) is 0 Å². The Morgan fingerprint density at radius 3 is 2.67 bits per heavy atom. The Hall–Kier alpha value is -0.260. The minimum atomic E-state index is -0.896. The van der Waals surface area contributed by atoms with Crippen molar-refractivity contribution in [2.45, 2.75) is 0 Å². The molecular formula is C4H2O2S3. The molecule has 0 amide bonds. The second-order valence-corrected chi connectivity index (χ2v) is 4.37. The van der Waals surface area contributed by atoms with Crippen molar-refractivity contribution in [1.82, 2.24) is 0 Å². The van der Waals surface area contributed by atoms with Crippen molar-refractivity contribution in [1.29, 1.82) is 0 Å². The summed E-state index contributed by atoms with van der Waals surface area (Å²) in [5.74, 6) is -0.896. The Morgan fingerprint density at radius 2 is 2.44 bits per heavy atom. The predicted molar refractivity (Wildman–Crippen MR) is 40.0 cm³/mol. The predicted octanol–water partition coefficient (Wildman–Crippen LogP) is 2.24. The number of carboxylic acid groups (broad SMARTS) is 1. The number of hydrogen-bond donors (Lipinski definition) is 1. The van der Waals surface area contributed by atoms with Gasteiger partial charge >= 0.3 is 5.97 Å². The zero-order chi connectivity index (χ0) is 6.85. The molecule has 0 fully saturated rings. The molecule has 1 N–H and O–H groups in total. The zero-order valence-corrected chi connectivity index (χ0v) is 6.61. The molecular weight excluding hydrogens is 176 g/mol. The topological polar surface area (TPSA) is 37.3 Å². The summed E-state index contributed by atoms with van der Waals surface area (Å²) in [4.78, 5) is 10.5. The molecule has 0 spiro atoms. The molecule has 2 nitrogen and oxygen atoms in total. The van der Waals surface area contributed by atoms with Gasteiger partial charge in [0, 0.05) is 5.38 Å². The average Bonchev–Trinajstić information content (AvgIpc) is 2.14. The van der Waals surface area contributed by atoms with Crippen LogP contribution in [0.1, 0.15) is 9.67 Å². The van der Waals surface area contributed by atoms with Crippen molar-refractivity contribution >= 4 is 40.9 Å². The van der Waals surface area contributed by atoms with Crippen molar-refractivity contribution in [3.63, 3.8) is 0 Å². The quantitative estimate of drug-likeness (QED) is 0.670. The van der Waals surface area contributed by atoms with Crippen LogP contribution in [0.15, 0.2) is 5.38 Å². The molecule has 0 radical (unpaired) electrons. The second-order valence-electron chi connectivity index (χ2n) is 1.26. The van der Waals surface area contributed by atoms with Crippen molar-refractivity contribution in [2.24, 2.45) is 0 Å². The molecule has 0 unspecified atom stereocenters. The molecule has 0 saturated carbocycles. The van der Waals surface area contributed by atoms with Crippen LogP contribution < -0.4 is 0 Å². The fourth-order valence-electron chi connectivity index (χ4n) is 0.334. The number of carbonyl (C=O) groups is 1. The van der Waals surface area contributed by atoms with E-state index in [1.807, 2.05) is 0 Å². The summed E-state index contributed by atoms with van der Waals surface area (Å²) < 4.78 is 0.660. The number of hydrogen-bond acceptors (Lipinski definition) is 4. The molecule has 5 heteroatoms. The minimum absolute atomic E-state index is 0.324. The number of aromatic carboxylic acids is 1. The molecule has 1 heterocycles. The smallest absolute Gasteiger partial charge is 0.346 e. The minimum Gasteiger partial charge on any atom is -0.477 e. The maximum atomic E-state index is 10.2. The highest BCUT2D eigenvalue weighted by Crippen LogP contribution is 2.16. The highest BCUT2D eigenvalue weighted by atomic mass is 32.2. The Labute approximate surface area is 64.4 Å². The van der Waals surface area contributed by atoms with Gasteiger partial charge in [-0.15, -0.1) is 22.7 Å². The molecule has 9 heavy (non-hydrogen) atoms. The molecule has 0 aliphatic carbocycles. The fourth-order valence-corrected chi connectivity index (χ4v) is 2.26. The van der Waals surface area contributed by atoms with E-state index in [0.717, 1.165) is 11.3 Å². The summed E-state index contributed by atoms with van der Waals surface area (Å²) in [6.07, 6.45) is 0. The normalized spacial score (nSPS) is 9.33. The van der Waals surface area contributed by atoms with Gasteiger partial charge in [-0.3, -0.25) is 0 Å². The first-order valence-electron chi connectivity index (χ1n) is 2.02. The average molecular weight is 178 g/mol. The molecule has 1 aromatic heterocycles. The van der Waals surface area contributed by atoms with E-state index in [2.05, 4.69) is 0 Å². The lowest BCUT2D eigenvalue weighted by molar-refractivity contribution is 0.0702. The van der Waals surface area contributed by atoms with Crippen LogP contribution in [0, 0.1) is 3.14 Å². The van der Waals surface area contributed by atoms with Gasteiger partial charge in [-0.05, 0) is 0 Å². The molecule has 48 valence electrons. The van der Waals surface area contributed by atoms with E-state index >= 15 is 0 Å². The third-order valence-corrected chi connectivity index (χ3v) is 3.12. The summed E-state index contributed by atoms with van der Waals surface area (Å²) in [6, 6.07) is 0. The first kappa shape index (κ1) is 6.85. The van der Waals surface area contributed by atoms with Crippen LogP contribution in [0.2, 0.25) is 0 Å². The van der Waals surface area contributed by atoms with Crippen LogP contribution in [-0.4, -0.2) is 11.1 Å². The molecule has 0 aliphatic rings. The molecule has 0 aromatic carbocycles. The van der Waals surface area contributed by atoms with E-state index in [4.69, 9.17) is 17.3 Å². The highest BCUT2D eigenvalue weighted by molar-refractivity contribution is 7.76. The van der Waals surface area contributed by atoms with Gasteiger partial charge in [-0.25, -0.2) is 4.79 Å². The third kappa shape index (κ3) is 1.57. The lowest BCUT2D eigenvalue weighted by Crippen LogP contribution is -1.89. The Balaban J connectivity index is 3.12. The van der Waals surface area contributed by atoms with Crippen LogP contribution in [0.4, 0.5) is 0 Å². The van der Waals surface area contributed by atoms with Crippen molar-refractivity contribution in [2.75, 3.05) is 0 Å². The van der Waals surface area contributed by atoms with Crippen LogP contribution in [0.25, 0.3) is 0 Å². The van der Waals surface area contributed by atoms with Gasteiger partial charge in [-0.1, -0.05) is 12.2 Å². The van der Waals surface area contributed by atoms with Crippen LogP contribution >= 0.6 is 34.9 Å². The summed E-state index contributed by atoms with van der Waals surface area (Å²) >= 11 is 7.14. The number of carboxylic acids is 1. The van der Waals surface area contributed by atoms with Crippen molar-refractivity contribution in [3.05, 3.63) is 13.4 Å². The van der Waals surface area contributed by atoms with Gasteiger partial charge in [0.15, 0.2) is 0 Å². The summed E-state index contributed by atoms with van der Waals surface area (Å²) in [5.41, 5.74) is 0. The maximum absolute atomic E-state index is 10.2. The highest BCUT2D eigenvalue weighted by Gasteiger charge is 2.02. The summed E-state index contributed by atoms with van der Waals surface area (Å²) in [6.45, 7) is 0. The van der Waals surface area contributed by atoms with Gasteiger partial charge in [0.05, 0.1) is 0 Å². The summed E-state index contributed by atoms with van der Waals surface area (Å²) in [5, 5.41) is 9.92. The van der Waals surface area contributed by atoms with E-state index in [-0.39, 0.29) is 0 Å². The SMILES string of the molecule is O=C(O)c1csc(=S)s1. The van der Waals surface area contributed by atoms with Gasteiger partial charge in [0.25, 0.3) is 0 Å². The largest absolute Gasteiger partial charge is 0.477 e. The maximum Gasteiger partial charge on any atom is 0.346 e. The summed E-state index contributed by atoms with van der Waals surface area (Å²) in [7, 11) is 0. The van der Waals surface area contributed by atoms with E-state index in [1.165, 1.54) is 11.3 Å². The molecule has 1 aromatic rings. The lowest BCUT2D eigenvalue weighted by Gasteiger charge is -1.77. The Morgan fingerprint density at radius 1 is 1.78 bits per heavy atom. The van der Waals surface area contributed by atoms with E-state index in [1.54, 1.807) is 5.38 Å². The number of rotatable bonds is 1. The van der Waals surface area contributed by atoms with Crippen LogP contribution in [0.3, 0.4) is 0 Å². The van der Waals surface area contributed by atoms with Crippen LogP contribution in [0.5, 0.6) is 0 Å². The second kappa shape index (κ2) is 2.55. The fraction of sp³-hybridized carbons (Fsp3) is 0. The Kier molecular flexibility index (Phi) is 1.94. The molecule has 0 saturated heterocycles. The molecule has 1 rings (SSSR count). The standard InChI is InChI=1S/C4H2O2S3/c5-3(6)2-1-8-4(7)9-2/h1H,(H,5,6). The van der Waals surface area contributed by atoms with Gasteiger partial charge < -0.3 is 5.11 Å². The van der Waals surface area contributed by atoms with Crippen molar-refractivity contribution in [3.8, 4) is 0 Å². The van der Waals surface area contributed by atoms with Gasteiger partial charge in [0.2, 0.25) is 0 Å².